The third-order valence-corrected chi connectivity index (χ3v) is 2.58. The molecule has 2 amide bonds. The van der Waals surface area contributed by atoms with Crippen LogP contribution in [-0.2, 0) is 16.1 Å². The molecule has 0 saturated carbocycles. The van der Waals surface area contributed by atoms with Crippen molar-refractivity contribution in [1.82, 2.24) is 10.6 Å². The third kappa shape index (κ3) is 5.85. The van der Waals surface area contributed by atoms with Gasteiger partial charge in [-0.25, -0.2) is 4.79 Å². The predicted molar refractivity (Wildman–Crippen MR) is 70.1 cm³/mol. The molecule has 0 aromatic heterocycles. The standard InChI is InChI=1S/C13H16N2O5/c16-11(17)6-10(12(18)19)8-15-13(20)14-7-9-4-2-1-3-5-9/h1-5,10H,6-8H2,(H,16,17)(H,18,19)(H2,14,15,20). The van der Waals surface area contributed by atoms with E-state index in [0.29, 0.717) is 6.54 Å². The van der Waals surface area contributed by atoms with E-state index in [1.807, 2.05) is 30.3 Å². The van der Waals surface area contributed by atoms with Crippen LogP contribution in [0.4, 0.5) is 4.79 Å². The number of aliphatic carboxylic acids is 2. The van der Waals surface area contributed by atoms with Gasteiger partial charge in [-0.05, 0) is 5.56 Å². The van der Waals surface area contributed by atoms with Gasteiger partial charge in [0.1, 0.15) is 0 Å². The van der Waals surface area contributed by atoms with Crippen LogP contribution in [0.3, 0.4) is 0 Å². The van der Waals surface area contributed by atoms with Crippen molar-refractivity contribution < 1.29 is 24.6 Å². The number of carboxylic acid groups (broad SMARTS) is 2. The lowest BCUT2D eigenvalue weighted by molar-refractivity contribution is -0.148. The van der Waals surface area contributed by atoms with E-state index < -0.39 is 30.3 Å². The number of carbonyl (C=O) groups excluding carboxylic acids is 1. The van der Waals surface area contributed by atoms with Crippen molar-refractivity contribution >= 4 is 18.0 Å². The van der Waals surface area contributed by atoms with Crippen LogP contribution >= 0.6 is 0 Å². The second-order valence-electron chi connectivity index (χ2n) is 4.18. The fourth-order valence-electron chi connectivity index (χ4n) is 1.51. The van der Waals surface area contributed by atoms with Gasteiger partial charge >= 0.3 is 18.0 Å². The quantitative estimate of drug-likeness (QED) is 0.585. The molecule has 0 bridgehead atoms. The molecule has 1 atom stereocenters. The van der Waals surface area contributed by atoms with E-state index in [1.165, 1.54) is 0 Å². The molecule has 7 nitrogen and oxygen atoms in total. The van der Waals surface area contributed by atoms with Crippen LogP contribution in [0.15, 0.2) is 30.3 Å². The van der Waals surface area contributed by atoms with E-state index in [9.17, 15) is 14.4 Å². The minimum atomic E-state index is -1.25. The Morgan fingerprint density at radius 2 is 1.70 bits per heavy atom. The van der Waals surface area contributed by atoms with Crippen molar-refractivity contribution in [2.45, 2.75) is 13.0 Å². The number of urea groups is 1. The van der Waals surface area contributed by atoms with Crippen molar-refractivity contribution in [1.29, 1.82) is 0 Å². The second-order valence-corrected chi connectivity index (χ2v) is 4.18. The largest absolute Gasteiger partial charge is 0.481 e. The highest BCUT2D eigenvalue weighted by Gasteiger charge is 2.21. The summed E-state index contributed by atoms with van der Waals surface area (Å²) in [4.78, 5) is 32.7. The maximum absolute atomic E-state index is 11.5. The molecule has 0 spiro atoms. The van der Waals surface area contributed by atoms with Crippen LogP contribution in [-0.4, -0.2) is 34.7 Å². The molecule has 20 heavy (non-hydrogen) atoms. The van der Waals surface area contributed by atoms with Gasteiger partial charge in [0.25, 0.3) is 0 Å². The monoisotopic (exact) mass is 280 g/mol. The summed E-state index contributed by atoms with van der Waals surface area (Å²) in [6.45, 7) is 0.0750. The van der Waals surface area contributed by atoms with E-state index in [0.717, 1.165) is 5.56 Å². The Hall–Kier alpha value is -2.57. The molecule has 0 fully saturated rings. The highest BCUT2D eigenvalue weighted by atomic mass is 16.4. The summed E-state index contributed by atoms with van der Waals surface area (Å²) in [5.74, 6) is -3.62. The van der Waals surface area contributed by atoms with Crippen LogP contribution < -0.4 is 10.6 Å². The Bertz CT molecular complexity index is 475. The molecule has 1 rings (SSSR count). The lowest BCUT2D eigenvalue weighted by Gasteiger charge is -2.12. The Labute approximate surface area is 115 Å². The molecule has 0 heterocycles. The molecule has 0 aliphatic rings. The van der Waals surface area contributed by atoms with Gasteiger partial charge in [0.2, 0.25) is 0 Å². The number of hydrogen-bond acceptors (Lipinski definition) is 3. The Morgan fingerprint density at radius 3 is 2.25 bits per heavy atom. The van der Waals surface area contributed by atoms with Gasteiger partial charge in [-0.3, -0.25) is 9.59 Å². The van der Waals surface area contributed by atoms with Crippen LogP contribution in [0.2, 0.25) is 0 Å². The minimum absolute atomic E-state index is 0.234. The fraction of sp³-hybridized carbons (Fsp3) is 0.308. The lowest BCUT2D eigenvalue weighted by atomic mass is 10.1. The maximum atomic E-state index is 11.5. The van der Waals surface area contributed by atoms with Gasteiger partial charge in [-0.2, -0.15) is 0 Å². The number of rotatable bonds is 7. The minimum Gasteiger partial charge on any atom is -0.481 e. The summed E-state index contributed by atoms with van der Waals surface area (Å²) in [6, 6.07) is 8.66. The predicted octanol–water partition coefficient (Wildman–Crippen LogP) is 0.661. The normalized spacial score (nSPS) is 11.4. The Balaban J connectivity index is 2.34. The van der Waals surface area contributed by atoms with Crippen LogP contribution in [0.5, 0.6) is 0 Å². The zero-order chi connectivity index (χ0) is 15.0. The van der Waals surface area contributed by atoms with Gasteiger partial charge in [-0.15, -0.1) is 0 Å². The van der Waals surface area contributed by atoms with Crippen molar-refractivity contribution in [2.75, 3.05) is 6.54 Å². The molecule has 4 N–H and O–H groups in total. The molecule has 1 aromatic rings. The number of hydrogen-bond donors (Lipinski definition) is 4. The van der Waals surface area contributed by atoms with E-state index in [2.05, 4.69) is 10.6 Å². The molecule has 0 aliphatic carbocycles. The highest BCUT2D eigenvalue weighted by molar-refractivity contribution is 5.79. The third-order valence-electron chi connectivity index (χ3n) is 2.58. The first-order chi connectivity index (χ1) is 9.49. The van der Waals surface area contributed by atoms with Gasteiger partial charge in [0.15, 0.2) is 0 Å². The van der Waals surface area contributed by atoms with E-state index in [-0.39, 0.29) is 6.54 Å². The Kier molecular flexibility index (Phi) is 6.02. The van der Waals surface area contributed by atoms with E-state index in [4.69, 9.17) is 10.2 Å². The van der Waals surface area contributed by atoms with Gasteiger partial charge in [0, 0.05) is 13.1 Å². The molecule has 0 radical (unpaired) electrons. The fourth-order valence-corrected chi connectivity index (χ4v) is 1.51. The van der Waals surface area contributed by atoms with Gasteiger partial charge in [0.05, 0.1) is 12.3 Å². The number of carboxylic acids is 2. The zero-order valence-electron chi connectivity index (χ0n) is 10.7. The van der Waals surface area contributed by atoms with E-state index in [1.54, 1.807) is 0 Å². The molecule has 0 saturated heterocycles. The van der Waals surface area contributed by atoms with Crippen molar-refractivity contribution in [3.8, 4) is 0 Å². The average Bonchev–Trinajstić information content (AvgIpc) is 2.41. The summed E-state index contributed by atoms with van der Waals surface area (Å²) in [5, 5.41) is 22.3. The number of benzene rings is 1. The Morgan fingerprint density at radius 1 is 1.05 bits per heavy atom. The topological polar surface area (TPSA) is 116 Å². The molecule has 108 valence electrons. The maximum Gasteiger partial charge on any atom is 0.315 e. The first-order valence-corrected chi connectivity index (χ1v) is 5.99. The lowest BCUT2D eigenvalue weighted by Crippen LogP contribution is -2.40. The summed E-state index contributed by atoms with van der Waals surface area (Å²) >= 11 is 0. The highest BCUT2D eigenvalue weighted by Crippen LogP contribution is 2.02. The SMILES string of the molecule is O=C(O)CC(CNC(=O)NCc1ccccc1)C(=O)O. The summed E-state index contributed by atoms with van der Waals surface area (Å²) in [6.07, 6.45) is -0.533. The van der Waals surface area contributed by atoms with Crippen molar-refractivity contribution in [3.05, 3.63) is 35.9 Å². The number of nitrogens with one attached hydrogen (secondary N) is 2. The van der Waals surface area contributed by atoms with Crippen LogP contribution in [0, 0.1) is 5.92 Å². The molecule has 0 aliphatic heterocycles. The molecule has 1 aromatic carbocycles. The zero-order valence-corrected chi connectivity index (χ0v) is 10.7. The molecule has 7 heteroatoms. The average molecular weight is 280 g/mol. The summed E-state index contributed by atoms with van der Waals surface area (Å²) in [7, 11) is 0. The first-order valence-electron chi connectivity index (χ1n) is 5.99. The summed E-state index contributed by atoms with van der Waals surface area (Å²) < 4.78 is 0. The van der Waals surface area contributed by atoms with E-state index >= 15 is 0 Å². The smallest absolute Gasteiger partial charge is 0.315 e. The number of carbonyl (C=O) groups is 3. The van der Waals surface area contributed by atoms with Gasteiger partial charge < -0.3 is 20.8 Å². The molecular formula is C13H16N2O5. The van der Waals surface area contributed by atoms with Crippen LogP contribution in [0.1, 0.15) is 12.0 Å². The molecular weight excluding hydrogens is 264 g/mol. The number of amides is 2. The van der Waals surface area contributed by atoms with Crippen molar-refractivity contribution in [3.63, 3.8) is 0 Å². The second kappa shape index (κ2) is 7.78. The molecule has 1 unspecified atom stereocenters. The van der Waals surface area contributed by atoms with Gasteiger partial charge in [-0.1, -0.05) is 30.3 Å². The summed E-state index contributed by atoms with van der Waals surface area (Å²) in [5.41, 5.74) is 0.906. The van der Waals surface area contributed by atoms with Crippen LogP contribution in [0.25, 0.3) is 0 Å². The first kappa shape index (κ1) is 15.5. The van der Waals surface area contributed by atoms with Crippen molar-refractivity contribution in [2.24, 2.45) is 5.92 Å².